The number of rotatable bonds is 3. The number of alkyl halides is 3. The molecular formula is C21H22F3N5O2. The van der Waals surface area contributed by atoms with Crippen LogP contribution in [0.5, 0.6) is 0 Å². The highest BCUT2D eigenvalue weighted by atomic mass is 19.4. The fourth-order valence-electron chi connectivity index (χ4n) is 4.52. The van der Waals surface area contributed by atoms with E-state index in [1.165, 1.54) is 29.3 Å². The molecule has 2 aromatic rings. The van der Waals surface area contributed by atoms with E-state index in [1.54, 1.807) is 6.92 Å². The second kappa shape index (κ2) is 7.90. The minimum Gasteiger partial charge on any atom is -0.348 e. The number of aromatic nitrogens is 3. The highest BCUT2D eigenvalue weighted by Gasteiger charge is 2.50. The van der Waals surface area contributed by atoms with Gasteiger partial charge in [-0.05, 0) is 50.8 Å². The number of hydrogen-bond acceptors (Lipinski definition) is 5. The summed E-state index contributed by atoms with van der Waals surface area (Å²) in [6.07, 6.45) is 0.00615. The van der Waals surface area contributed by atoms with Crippen molar-refractivity contribution < 1.29 is 22.8 Å². The molecule has 1 spiro atoms. The smallest absolute Gasteiger partial charge is 0.348 e. The van der Waals surface area contributed by atoms with E-state index in [4.69, 9.17) is 0 Å². The Morgan fingerprint density at radius 1 is 1.23 bits per heavy atom. The largest absolute Gasteiger partial charge is 0.433 e. The second-order valence-electron chi connectivity index (χ2n) is 8.12. The van der Waals surface area contributed by atoms with Gasteiger partial charge >= 0.3 is 6.18 Å². The second-order valence-corrected chi connectivity index (χ2v) is 8.12. The number of amides is 2. The fourth-order valence-corrected chi connectivity index (χ4v) is 4.52. The van der Waals surface area contributed by atoms with Crippen LogP contribution in [0.15, 0.2) is 30.5 Å². The molecule has 1 saturated carbocycles. The Morgan fingerprint density at radius 3 is 2.77 bits per heavy atom. The zero-order valence-corrected chi connectivity index (χ0v) is 16.9. The van der Waals surface area contributed by atoms with Crippen LogP contribution in [0, 0.1) is 12.3 Å². The molecule has 0 unspecified atom stereocenters. The first-order valence-electron chi connectivity index (χ1n) is 10.1. The van der Waals surface area contributed by atoms with Gasteiger partial charge in [0, 0.05) is 18.8 Å². The maximum atomic E-state index is 13.3. The molecule has 1 N–H and O–H groups in total. The number of pyridine rings is 1. The number of nitrogens with one attached hydrogen (secondary N) is 1. The highest BCUT2D eigenvalue weighted by Crippen LogP contribution is 2.46. The number of carbonyl (C=O) groups is 2. The Bertz CT molecular complexity index is 1010. The summed E-state index contributed by atoms with van der Waals surface area (Å²) in [5, 5.41) is 2.95. The monoisotopic (exact) mass is 433 g/mol. The van der Waals surface area contributed by atoms with Crippen molar-refractivity contribution in [3.8, 4) is 0 Å². The Balaban J connectivity index is 1.48. The normalized spacial score (nSPS) is 23.9. The van der Waals surface area contributed by atoms with E-state index in [-0.39, 0.29) is 29.4 Å². The van der Waals surface area contributed by atoms with Crippen molar-refractivity contribution in [3.05, 3.63) is 47.7 Å². The molecule has 1 aliphatic heterocycles. The zero-order valence-electron chi connectivity index (χ0n) is 16.9. The van der Waals surface area contributed by atoms with E-state index in [9.17, 15) is 22.8 Å². The Hall–Kier alpha value is -3.04. The Kier molecular flexibility index (Phi) is 5.40. The molecule has 2 aliphatic rings. The van der Waals surface area contributed by atoms with Crippen LogP contribution in [0.1, 0.15) is 54.1 Å². The molecule has 3 heterocycles. The van der Waals surface area contributed by atoms with Crippen LogP contribution in [0.25, 0.3) is 0 Å². The third kappa shape index (κ3) is 4.24. The lowest BCUT2D eigenvalue weighted by molar-refractivity contribution is -0.141. The standard InChI is InChI=1S/C21H22F3N5O2/c1-13-25-10-7-15(26-13)18(30)27-14-4-3-8-20(12-14)9-11-29(19(20)31)17-6-2-5-16(28-17)21(22,23)24/h2,5-7,10,14H,3-4,8-9,11-12H2,1H3,(H,27,30)/t14-,20-/m0/s1. The first-order valence-corrected chi connectivity index (χ1v) is 10.1. The SMILES string of the molecule is Cc1nccc(C(=O)N[C@H]2CCC[C@]3(CCN(c4cccc(C(F)(F)F)n4)C3=O)C2)n1. The first-order chi connectivity index (χ1) is 14.7. The molecule has 4 rings (SSSR count). The summed E-state index contributed by atoms with van der Waals surface area (Å²) < 4.78 is 39.1. The van der Waals surface area contributed by atoms with Crippen molar-refractivity contribution in [1.82, 2.24) is 20.3 Å². The van der Waals surface area contributed by atoms with E-state index in [0.29, 0.717) is 31.6 Å². The molecule has 1 saturated heterocycles. The number of carbonyl (C=O) groups excluding carboxylic acids is 2. The average Bonchev–Trinajstić information content (AvgIpc) is 3.03. The average molecular weight is 433 g/mol. The van der Waals surface area contributed by atoms with E-state index in [1.807, 2.05) is 0 Å². The van der Waals surface area contributed by atoms with Gasteiger partial charge in [0.1, 0.15) is 23.0 Å². The molecule has 10 heteroatoms. The molecular weight excluding hydrogens is 411 g/mol. The topological polar surface area (TPSA) is 88.1 Å². The lowest BCUT2D eigenvalue weighted by atomic mass is 9.71. The number of nitrogens with zero attached hydrogens (tertiary/aromatic N) is 4. The van der Waals surface area contributed by atoms with Crippen molar-refractivity contribution >= 4 is 17.6 Å². The molecule has 0 bridgehead atoms. The van der Waals surface area contributed by atoms with Crippen LogP contribution in [0.2, 0.25) is 0 Å². The van der Waals surface area contributed by atoms with Crippen molar-refractivity contribution in [3.63, 3.8) is 0 Å². The maximum absolute atomic E-state index is 13.3. The predicted molar refractivity (Wildman–Crippen MR) is 105 cm³/mol. The van der Waals surface area contributed by atoms with E-state index >= 15 is 0 Å². The zero-order chi connectivity index (χ0) is 22.2. The van der Waals surface area contributed by atoms with Gasteiger partial charge in [-0.3, -0.25) is 14.5 Å². The van der Waals surface area contributed by atoms with Gasteiger partial charge in [0.05, 0.1) is 5.41 Å². The number of aryl methyl sites for hydroxylation is 1. The molecule has 31 heavy (non-hydrogen) atoms. The van der Waals surface area contributed by atoms with Gasteiger partial charge in [-0.2, -0.15) is 13.2 Å². The summed E-state index contributed by atoms with van der Waals surface area (Å²) in [6, 6.07) is 4.89. The van der Waals surface area contributed by atoms with Crippen LogP contribution in [0.3, 0.4) is 0 Å². The molecule has 2 aromatic heterocycles. The minimum absolute atomic E-state index is 0.0133. The summed E-state index contributed by atoms with van der Waals surface area (Å²) >= 11 is 0. The summed E-state index contributed by atoms with van der Waals surface area (Å²) in [4.78, 5) is 38.9. The van der Waals surface area contributed by atoms with E-state index in [0.717, 1.165) is 18.9 Å². The first kappa shape index (κ1) is 21.2. The third-order valence-electron chi connectivity index (χ3n) is 6.00. The minimum atomic E-state index is -4.57. The lowest BCUT2D eigenvalue weighted by Crippen LogP contribution is -2.46. The van der Waals surface area contributed by atoms with Gasteiger partial charge in [0.25, 0.3) is 5.91 Å². The Morgan fingerprint density at radius 2 is 2.03 bits per heavy atom. The van der Waals surface area contributed by atoms with Gasteiger partial charge in [-0.1, -0.05) is 12.5 Å². The molecule has 1 aliphatic carbocycles. The Labute approximate surface area is 177 Å². The molecule has 0 radical (unpaired) electrons. The molecule has 0 aromatic carbocycles. The summed E-state index contributed by atoms with van der Waals surface area (Å²) in [5.74, 6) is -0.0483. The van der Waals surface area contributed by atoms with Gasteiger partial charge in [-0.25, -0.2) is 15.0 Å². The fraction of sp³-hybridized carbons (Fsp3) is 0.476. The van der Waals surface area contributed by atoms with Gasteiger partial charge in [0.2, 0.25) is 5.91 Å². The van der Waals surface area contributed by atoms with Crippen LogP contribution < -0.4 is 10.2 Å². The molecule has 2 fully saturated rings. The van der Waals surface area contributed by atoms with Crippen LogP contribution in [0.4, 0.5) is 19.0 Å². The summed E-state index contributed by atoms with van der Waals surface area (Å²) in [6.45, 7) is 2.00. The molecule has 2 amide bonds. The van der Waals surface area contributed by atoms with Gasteiger partial charge in [0.15, 0.2) is 0 Å². The molecule has 164 valence electrons. The number of halogens is 3. The van der Waals surface area contributed by atoms with Crippen LogP contribution in [-0.4, -0.2) is 39.4 Å². The predicted octanol–water partition coefficient (Wildman–Crippen LogP) is 3.29. The third-order valence-corrected chi connectivity index (χ3v) is 6.00. The quantitative estimate of drug-likeness (QED) is 0.803. The molecule has 7 nitrogen and oxygen atoms in total. The maximum Gasteiger partial charge on any atom is 0.433 e. The summed E-state index contributed by atoms with van der Waals surface area (Å²) in [5.41, 5.74) is -1.46. The van der Waals surface area contributed by atoms with Crippen molar-refractivity contribution in [2.45, 2.75) is 51.2 Å². The van der Waals surface area contributed by atoms with Gasteiger partial charge in [-0.15, -0.1) is 0 Å². The van der Waals surface area contributed by atoms with E-state index in [2.05, 4.69) is 20.3 Å². The van der Waals surface area contributed by atoms with Crippen molar-refractivity contribution in [1.29, 1.82) is 0 Å². The summed E-state index contributed by atoms with van der Waals surface area (Å²) in [7, 11) is 0. The van der Waals surface area contributed by atoms with Crippen LogP contribution in [-0.2, 0) is 11.0 Å². The van der Waals surface area contributed by atoms with Gasteiger partial charge < -0.3 is 5.32 Å². The van der Waals surface area contributed by atoms with Crippen molar-refractivity contribution in [2.24, 2.45) is 5.41 Å². The number of hydrogen-bond donors (Lipinski definition) is 1. The van der Waals surface area contributed by atoms with Crippen LogP contribution >= 0.6 is 0 Å². The highest BCUT2D eigenvalue weighted by molar-refractivity contribution is 5.99. The molecule has 2 atom stereocenters. The number of anilines is 1. The lowest BCUT2D eigenvalue weighted by Gasteiger charge is -2.36. The van der Waals surface area contributed by atoms with E-state index < -0.39 is 17.3 Å². The van der Waals surface area contributed by atoms with Crippen molar-refractivity contribution in [2.75, 3.05) is 11.4 Å².